The lowest BCUT2D eigenvalue weighted by Crippen LogP contribution is -2.54. The zero-order chi connectivity index (χ0) is 24.9. The van der Waals surface area contributed by atoms with Crippen molar-refractivity contribution in [3.63, 3.8) is 0 Å². The minimum Gasteiger partial charge on any atom is -0.406 e. The number of alkyl halides is 3. The lowest BCUT2D eigenvalue weighted by Gasteiger charge is -2.39. The summed E-state index contributed by atoms with van der Waals surface area (Å²) in [5, 5.41) is 22.7. The molecular weight excluding hydrogens is 455 g/mol. The molecule has 1 aliphatic rings. The highest BCUT2D eigenvalue weighted by Crippen LogP contribution is 2.32. The van der Waals surface area contributed by atoms with E-state index in [0.29, 0.717) is 29.8 Å². The Labute approximate surface area is 194 Å². The summed E-state index contributed by atoms with van der Waals surface area (Å²) in [5.74, 6) is -3.18. The molecule has 0 bridgehead atoms. The van der Waals surface area contributed by atoms with Crippen LogP contribution in [0.1, 0.15) is 22.7 Å². The number of hydrogen-bond donors (Lipinski definition) is 4. The molecule has 8 nitrogen and oxygen atoms in total. The molecular formula is C23H26F3N3O5. The number of carbonyl (C=O) groups excluding carboxylic acids is 2. The maximum absolute atomic E-state index is 13.6. The van der Waals surface area contributed by atoms with Gasteiger partial charge in [-0.2, -0.15) is 0 Å². The predicted molar refractivity (Wildman–Crippen MR) is 115 cm³/mol. The molecule has 11 heteroatoms. The summed E-state index contributed by atoms with van der Waals surface area (Å²) in [5.41, 5.74) is 3.19. The van der Waals surface area contributed by atoms with Crippen LogP contribution < -0.4 is 15.5 Å². The Bertz CT molecular complexity index is 1000. The standard InChI is InChI=1S/C23H26F3N3O5/c1-14-11-16(34-23(24,25)26)7-8-17(14)19-13-27-9-10-29(19)22(32)18(20(30)21(31)28-33)12-15-5-3-2-4-6-15/h2-8,11,18-20,27,30,33H,9-10,12-13H2,1H3,(H,28,31)/t18-,19-,20-/m0/s1. The lowest BCUT2D eigenvalue weighted by atomic mass is 9.90. The Morgan fingerprint density at radius 2 is 1.94 bits per heavy atom. The highest BCUT2D eigenvalue weighted by Gasteiger charge is 2.39. The van der Waals surface area contributed by atoms with Crippen molar-refractivity contribution in [1.82, 2.24) is 15.7 Å². The minimum atomic E-state index is -4.82. The van der Waals surface area contributed by atoms with Gasteiger partial charge in [0.25, 0.3) is 5.91 Å². The van der Waals surface area contributed by atoms with Crippen LogP contribution in [-0.4, -0.2) is 59.1 Å². The van der Waals surface area contributed by atoms with Gasteiger partial charge in [0.2, 0.25) is 5.91 Å². The molecule has 0 radical (unpaired) electrons. The summed E-state index contributed by atoms with van der Waals surface area (Å²) in [4.78, 5) is 27.1. The van der Waals surface area contributed by atoms with E-state index in [1.54, 1.807) is 37.3 Å². The van der Waals surface area contributed by atoms with Gasteiger partial charge in [-0.15, -0.1) is 13.2 Å². The molecule has 3 rings (SSSR count). The Hall–Kier alpha value is -3.15. The van der Waals surface area contributed by atoms with Crippen LogP contribution in [0.15, 0.2) is 48.5 Å². The van der Waals surface area contributed by atoms with Gasteiger partial charge < -0.3 is 20.1 Å². The van der Waals surface area contributed by atoms with Crippen molar-refractivity contribution in [3.05, 3.63) is 65.2 Å². The number of hydroxylamine groups is 1. The van der Waals surface area contributed by atoms with Crippen LogP contribution in [0.3, 0.4) is 0 Å². The molecule has 1 saturated heterocycles. The van der Waals surface area contributed by atoms with Crippen molar-refractivity contribution in [3.8, 4) is 5.75 Å². The molecule has 1 heterocycles. The molecule has 34 heavy (non-hydrogen) atoms. The first kappa shape index (κ1) is 25.5. The van der Waals surface area contributed by atoms with Crippen LogP contribution in [0.25, 0.3) is 0 Å². The van der Waals surface area contributed by atoms with E-state index in [1.165, 1.54) is 28.6 Å². The molecule has 4 N–H and O–H groups in total. The van der Waals surface area contributed by atoms with Crippen molar-refractivity contribution in [2.75, 3.05) is 19.6 Å². The number of carbonyl (C=O) groups is 2. The summed E-state index contributed by atoms with van der Waals surface area (Å²) >= 11 is 0. The summed E-state index contributed by atoms with van der Waals surface area (Å²) in [6, 6.07) is 12.2. The minimum absolute atomic E-state index is 0.0439. The van der Waals surface area contributed by atoms with E-state index in [2.05, 4.69) is 10.1 Å². The fourth-order valence-electron chi connectivity index (χ4n) is 4.13. The van der Waals surface area contributed by atoms with Gasteiger partial charge in [0.1, 0.15) is 11.9 Å². The fraction of sp³-hybridized carbons (Fsp3) is 0.391. The van der Waals surface area contributed by atoms with Crippen molar-refractivity contribution in [1.29, 1.82) is 0 Å². The van der Waals surface area contributed by atoms with E-state index in [-0.39, 0.29) is 18.7 Å². The van der Waals surface area contributed by atoms with Gasteiger partial charge in [0.15, 0.2) is 0 Å². The third-order valence-electron chi connectivity index (χ3n) is 5.74. The maximum Gasteiger partial charge on any atom is 0.573 e. The highest BCUT2D eigenvalue weighted by atomic mass is 19.4. The number of amides is 2. The molecule has 1 fully saturated rings. The lowest BCUT2D eigenvalue weighted by molar-refractivity contribution is -0.274. The van der Waals surface area contributed by atoms with Crippen LogP contribution in [0, 0.1) is 12.8 Å². The first-order valence-corrected chi connectivity index (χ1v) is 10.6. The number of aryl methyl sites for hydroxylation is 1. The van der Waals surface area contributed by atoms with E-state index in [0.717, 1.165) is 0 Å². The number of nitrogens with zero attached hydrogens (tertiary/aromatic N) is 1. The third kappa shape index (κ3) is 6.25. The van der Waals surface area contributed by atoms with Gasteiger partial charge in [0, 0.05) is 19.6 Å². The number of piperazine rings is 1. The average Bonchev–Trinajstić information content (AvgIpc) is 2.81. The van der Waals surface area contributed by atoms with Crippen molar-refractivity contribution < 1.29 is 37.8 Å². The van der Waals surface area contributed by atoms with Gasteiger partial charge in [0.05, 0.1) is 12.0 Å². The summed E-state index contributed by atoms with van der Waals surface area (Å²) in [6.07, 6.45) is -6.59. The zero-order valence-corrected chi connectivity index (χ0v) is 18.4. The SMILES string of the molecule is Cc1cc(OC(F)(F)F)ccc1[C@@H]1CNCCN1C(=O)[C@@H](Cc1ccccc1)[C@H](O)C(=O)NO. The Balaban J connectivity index is 1.90. The van der Waals surface area contributed by atoms with Gasteiger partial charge >= 0.3 is 6.36 Å². The summed E-state index contributed by atoms with van der Waals surface area (Å²) in [7, 11) is 0. The van der Waals surface area contributed by atoms with E-state index >= 15 is 0 Å². The highest BCUT2D eigenvalue weighted by molar-refractivity contribution is 5.89. The van der Waals surface area contributed by atoms with E-state index in [9.17, 15) is 27.9 Å². The number of nitrogens with one attached hydrogen (secondary N) is 2. The maximum atomic E-state index is 13.6. The van der Waals surface area contributed by atoms with Crippen LogP contribution in [0.2, 0.25) is 0 Å². The first-order chi connectivity index (χ1) is 16.1. The Kier molecular flexibility index (Phi) is 8.13. The van der Waals surface area contributed by atoms with Crippen LogP contribution in [0.5, 0.6) is 5.75 Å². The van der Waals surface area contributed by atoms with Gasteiger partial charge in [-0.3, -0.25) is 14.8 Å². The second-order valence-corrected chi connectivity index (χ2v) is 8.03. The monoisotopic (exact) mass is 481 g/mol. The van der Waals surface area contributed by atoms with E-state index in [1.807, 2.05) is 0 Å². The fourth-order valence-corrected chi connectivity index (χ4v) is 4.13. The van der Waals surface area contributed by atoms with Crippen LogP contribution in [0.4, 0.5) is 13.2 Å². The molecule has 0 unspecified atom stereocenters. The van der Waals surface area contributed by atoms with Gasteiger partial charge in [-0.05, 0) is 42.2 Å². The van der Waals surface area contributed by atoms with Gasteiger partial charge in [-0.1, -0.05) is 36.4 Å². The number of benzene rings is 2. The largest absolute Gasteiger partial charge is 0.573 e. The van der Waals surface area contributed by atoms with Gasteiger partial charge in [-0.25, -0.2) is 5.48 Å². The Morgan fingerprint density at radius 3 is 2.56 bits per heavy atom. The summed E-state index contributed by atoms with van der Waals surface area (Å²) < 4.78 is 41.7. The van der Waals surface area contributed by atoms with Crippen LogP contribution >= 0.6 is 0 Å². The predicted octanol–water partition coefficient (Wildman–Crippen LogP) is 2.09. The second kappa shape index (κ2) is 10.9. The number of ether oxygens (including phenoxy) is 1. The van der Waals surface area contributed by atoms with E-state index < -0.39 is 36.2 Å². The zero-order valence-electron chi connectivity index (χ0n) is 18.4. The third-order valence-corrected chi connectivity index (χ3v) is 5.74. The van der Waals surface area contributed by atoms with Crippen LogP contribution in [-0.2, 0) is 16.0 Å². The topological polar surface area (TPSA) is 111 Å². The number of aliphatic hydroxyl groups is 1. The molecule has 2 amide bonds. The smallest absolute Gasteiger partial charge is 0.406 e. The summed E-state index contributed by atoms with van der Waals surface area (Å²) in [6.45, 7) is 2.65. The quantitative estimate of drug-likeness (QED) is 0.356. The van der Waals surface area contributed by atoms with Crippen molar-refractivity contribution in [2.24, 2.45) is 5.92 Å². The molecule has 2 aromatic carbocycles. The first-order valence-electron chi connectivity index (χ1n) is 10.6. The molecule has 0 aliphatic carbocycles. The number of rotatable bonds is 7. The number of hydrogen-bond acceptors (Lipinski definition) is 6. The molecule has 1 aliphatic heterocycles. The van der Waals surface area contributed by atoms with Crippen molar-refractivity contribution >= 4 is 11.8 Å². The molecule has 3 atom stereocenters. The molecule has 0 saturated carbocycles. The normalized spacial score (nSPS) is 18.2. The number of aliphatic hydroxyl groups excluding tert-OH is 1. The Morgan fingerprint density at radius 1 is 1.24 bits per heavy atom. The molecule has 184 valence electrons. The molecule has 0 aromatic heterocycles. The molecule has 0 spiro atoms. The molecule has 2 aromatic rings. The van der Waals surface area contributed by atoms with Crippen molar-refractivity contribution in [2.45, 2.75) is 31.9 Å². The average molecular weight is 481 g/mol. The van der Waals surface area contributed by atoms with E-state index in [4.69, 9.17) is 5.21 Å². The number of halogens is 3. The second-order valence-electron chi connectivity index (χ2n) is 8.03.